The smallest absolute Gasteiger partial charge is 0.0911 e. The average molecular weight is 201 g/mol. The molecule has 14 heavy (non-hydrogen) atoms. The lowest BCUT2D eigenvalue weighted by molar-refractivity contribution is 1.53. The van der Waals surface area contributed by atoms with E-state index >= 15 is 0 Å². The summed E-state index contributed by atoms with van der Waals surface area (Å²) in [6, 6.07) is 12.3. The highest BCUT2D eigenvalue weighted by Gasteiger charge is 2.20. The average Bonchev–Trinajstić information content (AvgIpc) is 2.14. The third-order valence-electron chi connectivity index (χ3n) is 2.10. The molecule has 0 fully saturated rings. The Morgan fingerprint density at radius 1 is 1.21 bits per heavy atom. The summed E-state index contributed by atoms with van der Waals surface area (Å²) in [7, 11) is -1.41. The van der Waals surface area contributed by atoms with Gasteiger partial charge in [0.05, 0.1) is 14.1 Å². The van der Waals surface area contributed by atoms with E-state index in [0.29, 0.717) is 0 Å². The minimum absolute atomic E-state index is 1.19. The predicted octanol–water partition coefficient (Wildman–Crippen LogP) is 3.47. The van der Waals surface area contributed by atoms with Gasteiger partial charge in [-0.3, -0.25) is 0 Å². The first-order valence-corrected chi connectivity index (χ1v) is 8.21. The molecule has 0 amide bonds. The molecular weight excluding hydrogens is 186 g/mol. The van der Waals surface area contributed by atoms with Crippen molar-refractivity contribution in [1.82, 2.24) is 0 Å². The SMILES string of the molecule is C[Si](C)(C)/C(=C\C#N)c1ccccc1. The second-order valence-corrected chi connectivity index (χ2v) is 9.34. The number of allylic oxidation sites excluding steroid dienone is 1. The van der Waals surface area contributed by atoms with E-state index in [1.165, 1.54) is 10.8 Å². The third kappa shape index (κ3) is 2.58. The van der Waals surface area contributed by atoms with Gasteiger partial charge in [0.1, 0.15) is 0 Å². The van der Waals surface area contributed by atoms with E-state index in [9.17, 15) is 0 Å². The monoisotopic (exact) mass is 201 g/mol. The number of nitrogens with zero attached hydrogens (tertiary/aromatic N) is 1. The standard InChI is InChI=1S/C12H15NSi/c1-14(2,3)12(9-10-13)11-7-5-4-6-8-11/h4-9H,1-3H3/b12-9-. The van der Waals surface area contributed by atoms with Crippen LogP contribution in [0.1, 0.15) is 5.56 Å². The Balaban J connectivity index is 3.17. The van der Waals surface area contributed by atoms with Gasteiger partial charge in [-0.1, -0.05) is 50.0 Å². The highest BCUT2D eigenvalue weighted by molar-refractivity contribution is 6.93. The van der Waals surface area contributed by atoms with Gasteiger partial charge in [-0.05, 0) is 10.8 Å². The van der Waals surface area contributed by atoms with E-state index in [0.717, 1.165) is 0 Å². The van der Waals surface area contributed by atoms with Crippen LogP contribution in [0, 0.1) is 11.3 Å². The molecule has 1 aromatic rings. The fraction of sp³-hybridized carbons (Fsp3) is 0.250. The summed E-state index contributed by atoms with van der Waals surface area (Å²) in [6.45, 7) is 6.76. The molecule has 0 saturated heterocycles. The van der Waals surface area contributed by atoms with Crippen LogP contribution >= 0.6 is 0 Å². The van der Waals surface area contributed by atoms with Gasteiger partial charge in [0, 0.05) is 6.08 Å². The number of rotatable bonds is 2. The van der Waals surface area contributed by atoms with Crippen molar-refractivity contribution in [1.29, 1.82) is 5.26 Å². The molecule has 0 unspecified atom stereocenters. The highest BCUT2D eigenvalue weighted by Crippen LogP contribution is 2.25. The van der Waals surface area contributed by atoms with E-state index in [1.54, 1.807) is 6.08 Å². The Kier molecular flexibility index (Phi) is 3.26. The summed E-state index contributed by atoms with van der Waals surface area (Å²) >= 11 is 0. The minimum atomic E-state index is -1.41. The zero-order valence-electron chi connectivity index (χ0n) is 8.91. The first-order valence-electron chi connectivity index (χ1n) is 4.71. The summed E-state index contributed by atoms with van der Waals surface area (Å²) < 4.78 is 0. The van der Waals surface area contributed by atoms with Crippen LogP contribution in [0.4, 0.5) is 0 Å². The lowest BCUT2D eigenvalue weighted by Gasteiger charge is -2.20. The van der Waals surface area contributed by atoms with Crippen LogP contribution in [0.3, 0.4) is 0 Å². The summed E-state index contributed by atoms with van der Waals surface area (Å²) in [5, 5.41) is 9.98. The summed E-state index contributed by atoms with van der Waals surface area (Å²) in [5.74, 6) is 0. The van der Waals surface area contributed by atoms with Crippen LogP contribution in [0.2, 0.25) is 19.6 Å². The van der Waals surface area contributed by atoms with Crippen molar-refractivity contribution < 1.29 is 0 Å². The molecule has 2 heteroatoms. The van der Waals surface area contributed by atoms with Gasteiger partial charge >= 0.3 is 0 Å². The zero-order chi connectivity index (χ0) is 10.6. The van der Waals surface area contributed by atoms with Crippen molar-refractivity contribution in [2.24, 2.45) is 0 Å². The topological polar surface area (TPSA) is 23.8 Å². The van der Waals surface area contributed by atoms with Crippen molar-refractivity contribution in [3.63, 3.8) is 0 Å². The fourth-order valence-corrected chi connectivity index (χ4v) is 2.95. The molecule has 0 atom stereocenters. The number of nitriles is 1. The second-order valence-electron chi connectivity index (χ2n) is 4.30. The second kappa shape index (κ2) is 4.25. The molecule has 1 aromatic carbocycles. The Morgan fingerprint density at radius 3 is 2.21 bits per heavy atom. The molecule has 0 spiro atoms. The molecule has 1 nitrogen and oxygen atoms in total. The first-order chi connectivity index (χ1) is 6.55. The van der Waals surface area contributed by atoms with Crippen molar-refractivity contribution in [3.05, 3.63) is 42.0 Å². The van der Waals surface area contributed by atoms with E-state index < -0.39 is 8.07 Å². The molecule has 0 aliphatic rings. The van der Waals surface area contributed by atoms with E-state index in [4.69, 9.17) is 5.26 Å². The van der Waals surface area contributed by atoms with Gasteiger partial charge in [0.15, 0.2) is 0 Å². The van der Waals surface area contributed by atoms with Crippen molar-refractivity contribution >= 4 is 13.3 Å². The molecule has 0 aliphatic heterocycles. The quantitative estimate of drug-likeness (QED) is 0.531. The van der Waals surface area contributed by atoms with Gasteiger partial charge in [-0.15, -0.1) is 0 Å². The Hall–Kier alpha value is -1.33. The van der Waals surface area contributed by atoms with Crippen LogP contribution in [0.5, 0.6) is 0 Å². The first kappa shape index (κ1) is 10.7. The van der Waals surface area contributed by atoms with Crippen molar-refractivity contribution in [2.45, 2.75) is 19.6 Å². The minimum Gasteiger partial charge on any atom is -0.193 e. The van der Waals surface area contributed by atoms with E-state index in [-0.39, 0.29) is 0 Å². The van der Waals surface area contributed by atoms with Crippen LogP contribution in [-0.4, -0.2) is 8.07 Å². The molecule has 1 rings (SSSR count). The molecule has 0 aromatic heterocycles. The molecule has 0 saturated carbocycles. The summed E-state index contributed by atoms with van der Waals surface area (Å²) in [5.41, 5.74) is 1.19. The van der Waals surface area contributed by atoms with Crippen LogP contribution in [0.25, 0.3) is 5.20 Å². The van der Waals surface area contributed by atoms with Crippen molar-refractivity contribution in [2.75, 3.05) is 0 Å². The predicted molar refractivity (Wildman–Crippen MR) is 63.4 cm³/mol. The van der Waals surface area contributed by atoms with E-state index in [2.05, 4.69) is 37.8 Å². The maximum atomic E-state index is 8.76. The molecule has 0 radical (unpaired) electrons. The molecule has 0 heterocycles. The van der Waals surface area contributed by atoms with Crippen LogP contribution < -0.4 is 0 Å². The van der Waals surface area contributed by atoms with Gasteiger partial charge in [0.2, 0.25) is 0 Å². The van der Waals surface area contributed by atoms with Crippen LogP contribution in [0.15, 0.2) is 36.4 Å². The molecule has 0 aliphatic carbocycles. The summed E-state index contributed by atoms with van der Waals surface area (Å²) in [6.07, 6.45) is 1.70. The summed E-state index contributed by atoms with van der Waals surface area (Å²) in [4.78, 5) is 0. The Bertz CT molecular complexity index is 366. The lowest BCUT2D eigenvalue weighted by atomic mass is 10.2. The normalized spacial score (nSPS) is 12.3. The Morgan fingerprint density at radius 2 is 1.79 bits per heavy atom. The lowest BCUT2D eigenvalue weighted by Crippen LogP contribution is -2.22. The molecule has 0 bridgehead atoms. The maximum absolute atomic E-state index is 8.76. The highest BCUT2D eigenvalue weighted by atomic mass is 28.3. The maximum Gasteiger partial charge on any atom is 0.0911 e. The van der Waals surface area contributed by atoms with Gasteiger partial charge in [-0.25, -0.2) is 0 Å². The van der Waals surface area contributed by atoms with Crippen molar-refractivity contribution in [3.8, 4) is 6.07 Å². The number of hydrogen-bond donors (Lipinski definition) is 0. The molecular formula is C12H15NSi. The largest absolute Gasteiger partial charge is 0.193 e. The van der Waals surface area contributed by atoms with Gasteiger partial charge in [-0.2, -0.15) is 5.26 Å². The number of benzene rings is 1. The zero-order valence-corrected chi connectivity index (χ0v) is 9.91. The van der Waals surface area contributed by atoms with E-state index in [1.807, 2.05) is 18.2 Å². The number of hydrogen-bond acceptors (Lipinski definition) is 1. The molecule has 0 N–H and O–H groups in total. The Labute approximate surface area is 86.7 Å². The van der Waals surface area contributed by atoms with Gasteiger partial charge in [0.25, 0.3) is 0 Å². The molecule has 72 valence electrons. The fourth-order valence-electron chi connectivity index (χ4n) is 1.42. The van der Waals surface area contributed by atoms with Crippen LogP contribution in [-0.2, 0) is 0 Å². The third-order valence-corrected chi connectivity index (χ3v) is 4.15. The van der Waals surface area contributed by atoms with Gasteiger partial charge < -0.3 is 0 Å².